The number of rotatable bonds is 10. The van der Waals surface area contributed by atoms with Crippen molar-refractivity contribution in [2.24, 2.45) is 11.7 Å². The van der Waals surface area contributed by atoms with Gasteiger partial charge in [-0.1, -0.05) is 13.8 Å². The molecule has 0 aliphatic heterocycles. The Kier molecular flexibility index (Phi) is 11.1. The minimum Gasteiger partial charge on any atom is -0.494 e. The fourth-order valence-corrected chi connectivity index (χ4v) is 2.19. The number of ether oxygens (including phenoxy) is 1. The van der Waals surface area contributed by atoms with Crippen LogP contribution in [0.5, 0.6) is 5.75 Å². The van der Waals surface area contributed by atoms with Gasteiger partial charge in [0.1, 0.15) is 5.75 Å². The van der Waals surface area contributed by atoms with E-state index in [0.29, 0.717) is 43.2 Å². The maximum absolute atomic E-state index is 12.0. The highest BCUT2D eigenvalue weighted by atomic mass is 35.5. The lowest BCUT2D eigenvalue weighted by molar-refractivity contribution is -0.130. The molecule has 1 rings (SSSR count). The van der Waals surface area contributed by atoms with Gasteiger partial charge in [-0.2, -0.15) is 0 Å². The summed E-state index contributed by atoms with van der Waals surface area (Å²) in [7, 11) is 1.82. The summed E-state index contributed by atoms with van der Waals surface area (Å²) in [4.78, 5) is 25.0. The van der Waals surface area contributed by atoms with Crippen LogP contribution in [0, 0.1) is 5.92 Å². The van der Waals surface area contributed by atoms with Crippen LogP contribution in [-0.4, -0.2) is 42.8 Å². The lowest BCUT2D eigenvalue weighted by Crippen LogP contribution is -2.34. The van der Waals surface area contributed by atoms with Gasteiger partial charge in [-0.3, -0.25) is 9.59 Å². The molecular formula is C19H31ClN2O3. The Morgan fingerprint density at radius 1 is 1.20 bits per heavy atom. The van der Waals surface area contributed by atoms with Gasteiger partial charge in [0.25, 0.3) is 0 Å². The molecule has 0 aromatic heterocycles. The molecule has 0 fully saturated rings. The SMILES string of the molecule is CC(=O)c1ccc(OCCCC(=O)N(C)CCC(N)C(C)C)cc1.Cl. The third kappa shape index (κ3) is 8.89. The number of nitrogens with zero attached hydrogens (tertiary/aromatic N) is 1. The second kappa shape index (κ2) is 11.9. The minimum atomic E-state index is 0. The van der Waals surface area contributed by atoms with E-state index in [2.05, 4.69) is 13.8 Å². The molecule has 142 valence electrons. The predicted molar refractivity (Wildman–Crippen MR) is 103 cm³/mol. The standard InChI is InChI=1S/C19H30N2O3.ClH/c1-14(2)18(20)11-12-21(4)19(23)6-5-13-24-17-9-7-16(8-10-17)15(3)22;/h7-10,14,18H,5-6,11-13,20H2,1-4H3;1H. The maximum Gasteiger partial charge on any atom is 0.222 e. The van der Waals surface area contributed by atoms with Gasteiger partial charge in [-0.25, -0.2) is 0 Å². The van der Waals surface area contributed by atoms with Crippen LogP contribution in [0.3, 0.4) is 0 Å². The molecule has 5 nitrogen and oxygen atoms in total. The number of Topliss-reactive ketones (excluding diaryl/α,β-unsaturated/α-hetero) is 1. The average Bonchev–Trinajstić information content (AvgIpc) is 2.56. The second-order valence-electron chi connectivity index (χ2n) is 6.54. The first-order chi connectivity index (χ1) is 11.3. The molecule has 0 bridgehead atoms. The van der Waals surface area contributed by atoms with E-state index in [4.69, 9.17) is 10.5 Å². The van der Waals surface area contributed by atoms with Crippen molar-refractivity contribution >= 4 is 24.1 Å². The number of hydrogen-bond donors (Lipinski definition) is 1. The molecule has 1 aromatic carbocycles. The number of nitrogens with two attached hydrogens (primary N) is 1. The first-order valence-corrected chi connectivity index (χ1v) is 8.54. The largest absolute Gasteiger partial charge is 0.494 e. The van der Waals surface area contributed by atoms with Gasteiger partial charge in [0, 0.05) is 31.6 Å². The van der Waals surface area contributed by atoms with E-state index >= 15 is 0 Å². The zero-order chi connectivity index (χ0) is 18.1. The summed E-state index contributed by atoms with van der Waals surface area (Å²) in [6.45, 7) is 6.88. The number of ketones is 1. The van der Waals surface area contributed by atoms with Gasteiger partial charge < -0.3 is 15.4 Å². The maximum atomic E-state index is 12.0. The van der Waals surface area contributed by atoms with Gasteiger partial charge in [0.15, 0.2) is 5.78 Å². The summed E-state index contributed by atoms with van der Waals surface area (Å²) < 4.78 is 5.60. The topological polar surface area (TPSA) is 72.6 Å². The summed E-state index contributed by atoms with van der Waals surface area (Å²) >= 11 is 0. The molecule has 1 unspecified atom stereocenters. The Morgan fingerprint density at radius 3 is 2.32 bits per heavy atom. The molecular weight excluding hydrogens is 340 g/mol. The van der Waals surface area contributed by atoms with Crippen molar-refractivity contribution in [2.75, 3.05) is 20.2 Å². The Labute approximate surface area is 157 Å². The summed E-state index contributed by atoms with van der Waals surface area (Å²) in [5.41, 5.74) is 6.67. The van der Waals surface area contributed by atoms with Crippen molar-refractivity contribution in [3.63, 3.8) is 0 Å². The quantitative estimate of drug-likeness (QED) is 0.506. The molecule has 2 N–H and O–H groups in total. The molecule has 6 heteroatoms. The molecule has 0 aliphatic rings. The highest BCUT2D eigenvalue weighted by molar-refractivity contribution is 5.94. The summed E-state index contributed by atoms with van der Waals surface area (Å²) in [5.74, 6) is 1.29. The Bertz CT molecular complexity index is 532. The van der Waals surface area contributed by atoms with Gasteiger partial charge in [0.05, 0.1) is 6.61 Å². The van der Waals surface area contributed by atoms with E-state index in [-0.39, 0.29) is 30.1 Å². The van der Waals surface area contributed by atoms with Crippen molar-refractivity contribution in [2.45, 2.75) is 46.1 Å². The third-order valence-corrected chi connectivity index (χ3v) is 4.14. The molecule has 0 saturated heterocycles. The predicted octanol–water partition coefficient (Wildman–Crippen LogP) is 3.30. The highest BCUT2D eigenvalue weighted by Crippen LogP contribution is 2.13. The first kappa shape index (κ1) is 23.4. The van der Waals surface area contributed by atoms with Crippen LogP contribution in [0.1, 0.15) is 50.4 Å². The number of benzene rings is 1. The highest BCUT2D eigenvalue weighted by Gasteiger charge is 2.12. The molecule has 1 amide bonds. The van der Waals surface area contributed by atoms with Crippen LogP contribution in [0.2, 0.25) is 0 Å². The monoisotopic (exact) mass is 370 g/mol. The smallest absolute Gasteiger partial charge is 0.222 e. The van der Waals surface area contributed by atoms with Crippen LogP contribution in [-0.2, 0) is 4.79 Å². The minimum absolute atomic E-state index is 0. The van der Waals surface area contributed by atoms with E-state index in [0.717, 1.165) is 6.42 Å². The molecule has 0 aliphatic carbocycles. The fraction of sp³-hybridized carbons (Fsp3) is 0.579. The molecule has 0 saturated carbocycles. The molecule has 1 aromatic rings. The number of hydrogen-bond acceptors (Lipinski definition) is 4. The first-order valence-electron chi connectivity index (χ1n) is 8.54. The van der Waals surface area contributed by atoms with Crippen molar-refractivity contribution in [1.82, 2.24) is 4.90 Å². The second-order valence-corrected chi connectivity index (χ2v) is 6.54. The van der Waals surface area contributed by atoms with Gasteiger partial charge in [-0.15, -0.1) is 12.4 Å². The van der Waals surface area contributed by atoms with E-state index in [1.807, 2.05) is 7.05 Å². The fourth-order valence-electron chi connectivity index (χ4n) is 2.19. The molecule has 0 spiro atoms. The van der Waals surface area contributed by atoms with E-state index in [1.54, 1.807) is 29.2 Å². The number of carbonyl (C=O) groups excluding carboxylic acids is 2. The molecule has 0 heterocycles. The van der Waals surface area contributed by atoms with Crippen LogP contribution in [0.4, 0.5) is 0 Å². The van der Waals surface area contributed by atoms with E-state index in [1.165, 1.54) is 6.92 Å². The lowest BCUT2D eigenvalue weighted by atomic mass is 10.0. The summed E-state index contributed by atoms with van der Waals surface area (Å²) in [5, 5.41) is 0. The van der Waals surface area contributed by atoms with Crippen molar-refractivity contribution in [3.8, 4) is 5.75 Å². The normalized spacial score (nSPS) is 11.6. The van der Waals surface area contributed by atoms with Gasteiger partial charge in [0.2, 0.25) is 5.91 Å². The van der Waals surface area contributed by atoms with E-state index < -0.39 is 0 Å². The molecule has 25 heavy (non-hydrogen) atoms. The van der Waals surface area contributed by atoms with Gasteiger partial charge >= 0.3 is 0 Å². The summed E-state index contributed by atoms with van der Waals surface area (Å²) in [6.07, 6.45) is 1.94. The van der Waals surface area contributed by atoms with Gasteiger partial charge in [-0.05, 0) is 49.9 Å². The molecule has 1 atom stereocenters. The lowest BCUT2D eigenvalue weighted by Gasteiger charge is -2.21. The Morgan fingerprint density at radius 2 is 1.80 bits per heavy atom. The molecule has 0 radical (unpaired) electrons. The van der Waals surface area contributed by atoms with Crippen LogP contribution >= 0.6 is 12.4 Å². The average molecular weight is 371 g/mol. The van der Waals surface area contributed by atoms with Crippen molar-refractivity contribution in [1.29, 1.82) is 0 Å². The Balaban J connectivity index is 0.00000576. The van der Waals surface area contributed by atoms with Crippen LogP contribution in [0.15, 0.2) is 24.3 Å². The zero-order valence-corrected chi connectivity index (χ0v) is 16.5. The van der Waals surface area contributed by atoms with Crippen molar-refractivity contribution in [3.05, 3.63) is 29.8 Å². The van der Waals surface area contributed by atoms with Crippen LogP contribution < -0.4 is 10.5 Å². The van der Waals surface area contributed by atoms with Crippen LogP contribution in [0.25, 0.3) is 0 Å². The van der Waals surface area contributed by atoms with E-state index in [9.17, 15) is 9.59 Å². The number of halogens is 1. The number of carbonyl (C=O) groups is 2. The summed E-state index contributed by atoms with van der Waals surface area (Å²) in [6, 6.07) is 7.17. The number of amides is 1. The van der Waals surface area contributed by atoms with Crippen molar-refractivity contribution < 1.29 is 14.3 Å². The third-order valence-electron chi connectivity index (χ3n) is 4.14. The zero-order valence-electron chi connectivity index (χ0n) is 15.7. The Hall–Kier alpha value is -1.59.